The average Bonchev–Trinajstić information content (AvgIpc) is 3.04. The summed E-state index contributed by atoms with van der Waals surface area (Å²) in [6, 6.07) is 7.26. The van der Waals surface area contributed by atoms with Crippen LogP contribution in [0, 0.1) is 0 Å². The molecule has 0 aromatic heterocycles. The number of hydrogen-bond acceptors (Lipinski definition) is 5. The lowest BCUT2D eigenvalue weighted by Gasteiger charge is -2.21. The number of carbonyl (C=O) groups excluding carboxylic acids is 1. The smallest absolute Gasteiger partial charge is 0.279 e. The second-order valence-electron chi connectivity index (χ2n) is 4.76. The Hall–Kier alpha value is -2.12. The standard InChI is InChI=1S/C15H20N3O4/c1-5-12-16-17-14(22-12)11-8-6-10(7-9-11)13(20-3)15(19)18(2)21-4/h6-9,12-13H,5H2,1-4H3/q-1. The van der Waals surface area contributed by atoms with Crippen molar-refractivity contribution in [2.45, 2.75) is 25.7 Å². The predicted molar refractivity (Wildman–Crippen MR) is 81.0 cm³/mol. The molecule has 0 radical (unpaired) electrons. The maximum absolute atomic E-state index is 12.1. The van der Waals surface area contributed by atoms with Crippen molar-refractivity contribution in [1.82, 2.24) is 5.06 Å². The first kappa shape index (κ1) is 16.3. The molecule has 0 fully saturated rings. The van der Waals surface area contributed by atoms with Crippen LogP contribution in [0.4, 0.5) is 0 Å². The molecule has 7 nitrogen and oxygen atoms in total. The molecule has 7 heteroatoms. The van der Waals surface area contributed by atoms with Gasteiger partial charge in [-0.1, -0.05) is 19.1 Å². The van der Waals surface area contributed by atoms with Crippen LogP contribution in [0.1, 0.15) is 30.6 Å². The summed E-state index contributed by atoms with van der Waals surface area (Å²) in [5.74, 6) is 0.209. The van der Waals surface area contributed by atoms with Crippen molar-refractivity contribution in [3.8, 4) is 0 Å². The molecule has 1 aromatic rings. The van der Waals surface area contributed by atoms with Gasteiger partial charge in [-0.15, -0.1) is 0 Å². The van der Waals surface area contributed by atoms with Gasteiger partial charge in [-0.2, -0.15) is 0 Å². The van der Waals surface area contributed by atoms with Gasteiger partial charge in [-0.25, -0.2) is 5.06 Å². The summed E-state index contributed by atoms with van der Waals surface area (Å²) < 4.78 is 10.9. The van der Waals surface area contributed by atoms with Gasteiger partial charge in [0, 0.05) is 25.9 Å². The molecule has 2 rings (SSSR count). The molecule has 0 saturated carbocycles. The van der Waals surface area contributed by atoms with Crippen LogP contribution in [0.2, 0.25) is 0 Å². The molecule has 2 unspecified atom stereocenters. The van der Waals surface area contributed by atoms with E-state index in [9.17, 15) is 4.79 Å². The van der Waals surface area contributed by atoms with Gasteiger partial charge >= 0.3 is 0 Å². The highest BCUT2D eigenvalue weighted by Gasteiger charge is 2.24. The highest BCUT2D eigenvalue weighted by molar-refractivity contribution is 5.96. The first-order valence-electron chi connectivity index (χ1n) is 7.00. The maximum atomic E-state index is 12.1. The molecule has 0 bridgehead atoms. The van der Waals surface area contributed by atoms with Crippen LogP contribution in [-0.2, 0) is 19.1 Å². The highest BCUT2D eigenvalue weighted by Crippen LogP contribution is 2.23. The average molecular weight is 306 g/mol. The van der Waals surface area contributed by atoms with E-state index in [4.69, 9.17) is 14.3 Å². The monoisotopic (exact) mass is 306 g/mol. The Morgan fingerprint density at radius 2 is 2.09 bits per heavy atom. The summed E-state index contributed by atoms with van der Waals surface area (Å²) >= 11 is 0. The lowest BCUT2D eigenvalue weighted by Crippen LogP contribution is -2.31. The van der Waals surface area contributed by atoms with Crippen LogP contribution in [0.25, 0.3) is 5.43 Å². The van der Waals surface area contributed by atoms with E-state index in [-0.39, 0.29) is 12.1 Å². The number of benzene rings is 1. The Labute approximate surface area is 129 Å². The first-order valence-corrected chi connectivity index (χ1v) is 7.00. The molecular weight excluding hydrogens is 286 g/mol. The van der Waals surface area contributed by atoms with Gasteiger partial charge < -0.3 is 20.0 Å². The summed E-state index contributed by atoms with van der Waals surface area (Å²) in [5.41, 5.74) is 5.55. The van der Waals surface area contributed by atoms with Gasteiger partial charge in [-0.05, 0) is 24.1 Å². The van der Waals surface area contributed by atoms with Gasteiger partial charge in [0.1, 0.15) is 0 Å². The first-order chi connectivity index (χ1) is 10.6. The maximum Gasteiger partial charge on any atom is 0.279 e. The second kappa shape index (κ2) is 7.24. The van der Waals surface area contributed by atoms with Crippen LogP contribution in [-0.4, -0.2) is 44.4 Å². The number of hydroxylamine groups is 2. The third-order valence-corrected chi connectivity index (χ3v) is 3.38. The summed E-state index contributed by atoms with van der Waals surface area (Å²) in [7, 11) is 4.45. The van der Waals surface area contributed by atoms with Crippen LogP contribution in [0.15, 0.2) is 29.4 Å². The molecule has 1 heterocycles. The molecule has 1 aromatic carbocycles. The molecule has 2 atom stereocenters. The molecule has 1 aliphatic rings. The number of amides is 1. The highest BCUT2D eigenvalue weighted by atomic mass is 16.7. The minimum Gasteiger partial charge on any atom is -0.564 e. The zero-order chi connectivity index (χ0) is 16.1. The largest absolute Gasteiger partial charge is 0.564 e. The van der Waals surface area contributed by atoms with E-state index >= 15 is 0 Å². The number of carbonyl (C=O) groups is 1. The van der Waals surface area contributed by atoms with Crippen molar-refractivity contribution in [1.29, 1.82) is 0 Å². The summed E-state index contributed by atoms with van der Waals surface area (Å²) in [4.78, 5) is 17.0. The van der Waals surface area contributed by atoms with Gasteiger partial charge in [0.05, 0.1) is 7.11 Å². The van der Waals surface area contributed by atoms with Crippen LogP contribution in [0.5, 0.6) is 0 Å². The van der Waals surface area contributed by atoms with Crippen LogP contribution >= 0.6 is 0 Å². The Morgan fingerprint density at radius 1 is 1.41 bits per heavy atom. The van der Waals surface area contributed by atoms with E-state index in [1.165, 1.54) is 21.3 Å². The van der Waals surface area contributed by atoms with Crippen molar-refractivity contribution in [2.24, 2.45) is 5.10 Å². The van der Waals surface area contributed by atoms with Crippen molar-refractivity contribution in [2.75, 3.05) is 21.3 Å². The van der Waals surface area contributed by atoms with E-state index in [0.29, 0.717) is 5.90 Å². The Bertz CT molecular complexity index is 544. The van der Waals surface area contributed by atoms with Gasteiger partial charge in [0.2, 0.25) is 0 Å². The Balaban J connectivity index is 2.12. The number of likely N-dealkylation sites (N-methyl/N-ethyl adjacent to an activating group) is 1. The van der Waals surface area contributed by atoms with E-state index in [2.05, 4.69) is 10.5 Å². The zero-order valence-electron chi connectivity index (χ0n) is 13.1. The summed E-state index contributed by atoms with van der Waals surface area (Å²) in [6.07, 6.45) is -0.161. The fourth-order valence-electron chi connectivity index (χ4n) is 2.02. The molecule has 0 aliphatic carbocycles. The van der Waals surface area contributed by atoms with Gasteiger partial charge in [-0.3, -0.25) is 9.63 Å². The third-order valence-electron chi connectivity index (χ3n) is 3.38. The van der Waals surface area contributed by atoms with E-state index in [0.717, 1.165) is 22.6 Å². The van der Waals surface area contributed by atoms with Crippen molar-refractivity contribution < 1.29 is 19.1 Å². The minimum atomic E-state index is -0.724. The summed E-state index contributed by atoms with van der Waals surface area (Å²) in [5, 5.41) is 5.16. The lowest BCUT2D eigenvalue weighted by molar-refractivity contribution is -0.179. The van der Waals surface area contributed by atoms with Gasteiger partial charge in [0.15, 0.2) is 12.0 Å². The van der Waals surface area contributed by atoms with Crippen molar-refractivity contribution in [3.05, 3.63) is 40.8 Å². The lowest BCUT2D eigenvalue weighted by atomic mass is 10.1. The van der Waals surface area contributed by atoms with E-state index in [1.807, 2.05) is 19.1 Å². The Kier molecular flexibility index (Phi) is 5.35. The predicted octanol–water partition coefficient (Wildman–Crippen LogP) is 2.20. The van der Waals surface area contributed by atoms with E-state index < -0.39 is 6.10 Å². The minimum absolute atomic E-state index is 0.210. The quantitative estimate of drug-likeness (QED) is 0.755. The second-order valence-corrected chi connectivity index (χ2v) is 4.76. The number of hydrogen-bond donors (Lipinski definition) is 0. The van der Waals surface area contributed by atoms with Crippen LogP contribution in [0.3, 0.4) is 0 Å². The zero-order valence-corrected chi connectivity index (χ0v) is 13.1. The number of ether oxygens (including phenoxy) is 2. The molecule has 22 heavy (non-hydrogen) atoms. The van der Waals surface area contributed by atoms with E-state index in [1.54, 1.807) is 12.1 Å². The molecule has 0 N–H and O–H groups in total. The fraction of sp³-hybridized carbons (Fsp3) is 0.467. The summed E-state index contributed by atoms with van der Waals surface area (Å²) in [6.45, 7) is 1.98. The van der Waals surface area contributed by atoms with Gasteiger partial charge in [0.25, 0.3) is 5.91 Å². The van der Waals surface area contributed by atoms with Crippen LogP contribution < -0.4 is 0 Å². The van der Waals surface area contributed by atoms with Crippen molar-refractivity contribution in [3.63, 3.8) is 0 Å². The number of methoxy groups -OCH3 is 1. The third kappa shape index (κ3) is 3.37. The molecule has 0 spiro atoms. The molecule has 1 aliphatic heterocycles. The number of rotatable bonds is 6. The molecule has 120 valence electrons. The fourth-order valence-corrected chi connectivity index (χ4v) is 2.02. The molecular formula is C15H20N3O4-. The van der Waals surface area contributed by atoms with Crippen molar-refractivity contribution >= 4 is 11.8 Å². The molecule has 1 amide bonds. The Morgan fingerprint density at radius 3 is 2.59 bits per heavy atom. The number of nitrogens with zero attached hydrogens (tertiary/aromatic N) is 3. The molecule has 0 saturated heterocycles. The SMILES string of the molecule is CCC1[N-]N=C(c2ccc(C(OC)C(=O)N(C)OC)cc2)O1. The topological polar surface area (TPSA) is 74.5 Å². The normalized spacial score (nSPS) is 18.2.